The van der Waals surface area contributed by atoms with Crippen molar-refractivity contribution in [1.29, 1.82) is 0 Å². The van der Waals surface area contributed by atoms with Crippen LogP contribution in [0.3, 0.4) is 0 Å². The maximum atomic E-state index is 4.71. The molecular weight excluding hydrogens is 222 g/mol. The van der Waals surface area contributed by atoms with Gasteiger partial charge in [0.2, 0.25) is 0 Å². The third kappa shape index (κ3) is 1.96. The van der Waals surface area contributed by atoms with Crippen molar-refractivity contribution in [2.75, 3.05) is 11.4 Å². The zero-order valence-electron chi connectivity index (χ0n) is 10.4. The maximum absolute atomic E-state index is 4.71. The Morgan fingerprint density at radius 1 is 1.22 bits per heavy atom. The molecule has 0 saturated carbocycles. The number of para-hydroxylation sites is 2. The molecule has 0 unspecified atom stereocenters. The highest BCUT2D eigenvalue weighted by molar-refractivity contribution is 5.75. The summed E-state index contributed by atoms with van der Waals surface area (Å²) in [4.78, 5) is 11.5. The van der Waals surface area contributed by atoms with Crippen LogP contribution in [0.4, 0.5) is 5.82 Å². The van der Waals surface area contributed by atoms with E-state index in [4.69, 9.17) is 4.98 Å². The summed E-state index contributed by atoms with van der Waals surface area (Å²) in [6.07, 6.45) is 7.56. The second kappa shape index (κ2) is 4.77. The molecule has 3 nitrogen and oxygen atoms in total. The van der Waals surface area contributed by atoms with Crippen molar-refractivity contribution in [2.45, 2.75) is 25.3 Å². The van der Waals surface area contributed by atoms with Gasteiger partial charge in [-0.05, 0) is 31.4 Å². The van der Waals surface area contributed by atoms with Crippen molar-refractivity contribution in [1.82, 2.24) is 9.97 Å². The zero-order chi connectivity index (χ0) is 12.4. The number of rotatable bonds is 2. The van der Waals surface area contributed by atoms with E-state index in [-0.39, 0.29) is 0 Å². The molecule has 1 aromatic carbocycles. The molecule has 0 amide bonds. The molecule has 2 aromatic rings. The standard InChI is InChI=1S/C15H17N3/c1-2-12-7-5-6-10-18(12)15-11-16-13-8-3-4-9-14(13)17-15/h2-4,8-9,11-12H,1,5-7,10H2/t12-/m0/s1. The Bertz CT molecular complexity index is 564. The average Bonchev–Trinajstić information content (AvgIpc) is 2.46. The number of anilines is 1. The first-order valence-electron chi connectivity index (χ1n) is 6.49. The quantitative estimate of drug-likeness (QED) is 0.754. The molecule has 1 aliphatic heterocycles. The summed E-state index contributed by atoms with van der Waals surface area (Å²) >= 11 is 0. The van der Waals surface area contributed by atoms with Crippen LogP contribution < -0.4 is 4.90 Å². The molecule has 0 aliphatic carbocycles. The SMILES string of the molecule is C=C[C@H]1CCCCN1c1cnc2ccccc2n1. The van der Waals surface area contributed by atoms with Crippen molar-refractivity contribution in [3.8, 4) is 0 Å². The van der Waals surface area contributed by atoms with Gasteiger partial charge in [-0.15, -0.1) is 6.58 Å². The number of piperidine rings is 1. The molecule has 1 fully saturated rings. The predicted molar refractivity (Wildman–Crippen MR) is 74.7 cm³/mol. The van der Waals surface area contributed by atoms with Crippen molar-refractivity contribution in [3.05, 3.63) is 43.1 Å². The lowest BCUT2D eigenvalue weighted by atomic mass is 10.0. The van der Waals surface area contributed by atoms with Crippen molar-refractivity contribution >= 4 is 16.9 Å². The molecule has 0 bridgehead atoms. The monoisotopic (exact) mass is 239 g/mol. The summed E-state index contributed by atoms with van der Waals surface area (Å²) in [6, 6.07) is 8.40. The van der Waals surface area contributed by atoms with Crippen LogP contribution in [0.2, 0.25) is 0 Å². The molecule has 1 aromatic heterocycles. The Balaban J connectivity index is 1.99. The maximum Gasteiger partial charge on any atom is 0.148 e. The minimum Gasteiger partial charge on any atom is -0.349 e. The van der Waals surface area contributed by atoms with Gasteiger partial charge >= 0.3 is 0 Å². The summed E-state index contributed by atoms with van der Waals surface area (Å²) < 4.78 is 0. The summed E-state index contributed by atoms with van der Waals surface area (Å²) in [5.74, 6) is 0.971. The van der Waals surface area contributed by atoms with Gasteiger partial charge in [0.1, 0.15) is 5.82 Å². The number of fused-ring (bicyclic) bond motifs is 1. The van der Waals surface area contributed by atoms with E-state index < -0.39 is 0 Å². The van der Waals surface area contributed by atoms with Gasteiger partial charge in [0.05, 0.1) is 17.2 Å². The highest BCUT2D eigenvalue weighted by Gasteiger charge is 2.21. The van der Waals surface area contributed by atoms with Crippen molar-refractivity contribution in [2.24, 2.45) is 0 Å². The number of hydrogen-bond acceptors (Lipinski definition) is 3. The molecule has 18 heavy (non-hydrogen) atoms. The fraction of sp³-hybridized carbons (Fsp3) is 0.333. The third-order valence-corrected chi connectivity index (χ3v) is 3.55. The molecule has 0 radical (unpaired) electrons. The van der Waals surface area contributed by atoms with Gasteiger partial charge < -0.3 is 4.90 Å². The first kappa shape index (κ1) is 11.2. The van der Waals surface area contributed by atoms with Crippen LogP contribution in [0.5, 0.6) is 0 Å². The van der Waals surface area contributed by atoms with E-state index in [1.54, 1.807) is 0 Å². The summed E-state index contributed by atoms with van der Waals surface area (Å²) in [5.41, 5.74) is 1.91. The fourth-order valence-electron chi connectivity index (χ4n) is 2.57. The number of aromatic nitrogens is 2. The van der Waals surface area contributed by atoms with Gasteiger partial charge in [-0.25, -0.2) is 4.98 Å². The van der Waals surface area contributed by atoms with Crippen LogP contribution in [0.15, 0.2) is 43.1 Å². The van der Waals surface area contributed by atoms with Gasteiger partial charge in [0, 0.05) is 12.6 Å². The Hall–Kier alpha value is -1.90. The normalized spacial score (nSPS) is 20.0. The lowest BCUT2D eigenvalue weighted by molar-refractivity contribution is 0.511. The summed E-state index contributed by atoms with van der Waals surface area (Å²) in [7, 11) is 0. The molecule has 0 spiro atoms. The zero-order valence-corrected chi connectivity index (χ0v) is 10.4. The fourth-order valence-corrected chi connectivity index (χ4v) is 2.57. The molecular formula is C15H17N3. The van der Waals surface area contributed by atoms with E-state index in [1.165, 1.54) is 12.8 Å². The molecule has 92 valence electrons. The Morgan fingerprint density at radius 3 is 2.89 bits per heavy atom. The predicted octanol–water partition coefficient (Wildman–Crippen LogP) is 3.17. The molecule has 1 atom stereocenters. The first-order valence-corrected chi connectivity index (χ1v) is 6.49. The second-order valence-corrected chi connectivity index (χ2v) is 4.71. The van der Waals surface area contributed by atoms with E-state index >= 15 is 0 Å². The summed E-state index contributed by atoms with van der Waals surface area (Å²) in [5, 5.41) is 0. The van der Waals surface area contributed by atoms with Crippen molar-refractivity contribution in [3.63, 3.8) is 0 Å². The molecule has 1 saturated heterocycles. The average molecular weight is 239 g/mol. The van der Waals surface area contributed by atoms with Crippen LogP contribution in [-0.2, 0) is 0 Å². The van der Waals surface area contributed by atoms with Crippen LogP contribution >= 0.6 is 0 Å². The lowest BCUT2D eigenvalue weighted by Gasteiger charge is -2.34. The second-order valence-electron chi connectivity index (χ2n) is 4.71. The largest absolute Gasteiger partial charge is 0.349 e. The van der Waals surface area contributed by atoms with Crippen LogP contribution in [0, 0.1) is 0 Å². The van der Waals surface area contributed by atoms with E-state index in [2.05, 4.69) is 16.5 Å². The van der Waals surface area contributed by atoms with E-state index in [0.29, 0.717) is 6.04 Å². The molecule has 1 aliphatic rings. The van der Waals surface area contributed by atoms with Gasteiger partial charge in [-0.1, -0.05) is 18.2 Å². The summed E-state index contributed by atoms with van der Waals surface area (Å²) in [6.45, 7) is 4.98. The smallest absolute Gasteiger partial charge is 0.148 e. The minimum absolute atomic E-state index is 0.397. The Morgan fingerprint density at radius 2 is 2.06 bits per heavy atom. The number of benzene rings is 1. The van der Waals surface area contributed by atoms with E-state index in [1.807, 2.05) is 36.5 Å². The number of nitrogens with zero attached hydrogens (tertiary/aromatic N) is 3. The topological polar surface area (TPSA) is 29.0 Å². The molecule has 2 heterocycles. The van der Waals surface area contributed by atoms with Gasteiger partial charge in [-0.2, -0.15) is 0 Å². The minimum atomic E-state index is 0.397. The van der Waals surface area contributed by atoms with E-state index in [0.717, 1.165) is 29.8 Å². The molecule has 3 rings (SSSR count). The van der Waals surface area contributed by atoms with Gasteiger partial charge in [0.25, 0.3) is 0 Å². The van der Waals surface area contributed by atoms with Crippen molar-refractivity contribution < 1.29 is 0 Å². The van der Waals surface area contributed by atoms with Crippen LogP contribution in [-0.4, -0.2) is 22.6 Å². The Labute approximate surface area is 107 Å². The van der Waals surface area contributed by atoms with Gasteiger partial charge in [-0.3, -0.25) is 4.98 Å². The number of hydrogen-bond donors (Lipinski definition) is 0. The first-order chi connectivity index (χ1) is 8.88. The van der Waals surface area contributed by atoms with Crippen LogP contribution in [0.1, 0.15) is 19.3 Å². The third-order valence-electron chi connectivity index (χ3n) is 3.55. The molecule has 0 N–H and O–H groups in total. The Kier molecular flexibility index (Phi) is 2.97. The van der Waals surface area contributed by atoms with E-state index in [9.17, 15) is 0 Å². The molecule has 3 heteroatoms. The highest BCUT2D eigenvalue weighted by Crippen LogP contribution is 2.24. The van der Waals surface area contributed by atoms with Gasteiger partial charge in [0.15, 0.2) is 0 Å². The lowest BCUT2D eigenvalue weighted by Crippen LogP contribution is -2.38. The highest BCUT2D eigenvalue weighted by atomic mass is 15.2. The van der Waals surface area contributed by atoms with Crippen LogP contribution in [0.25, 0.3) is 11.0 Å².